The lowest BCUT2D eigenvalue weighted by Crippen LogP contribution is -2.35. The van der Waals surface area contributed by atoms with Gasteiger partial charge >= 0.3 is 0 Å². The van der Waals surface area contributed by atoms with Crippen molar-refractivity contribution in [3.8, 4) is 6.07 Å². The summed E-state index contributed by atoms with van der Waals surface area (Å²) < 4.78 is 5.67. The third-order valence-electron chi connectivity index (χ3n) is 4.40. The molecule has 2 amide bonds. The minimum atomic E-state index is -0.394. The van der Waals surface area contributed by atoms with Gasteiger partial charge in [-0.05, 0) is 25.0 Å². The number of nitrogens with zero attached hydrogens (tertiary/aromatic N) is 3. The molecule has 6 heteroatoms. The zero-order chi connectivity index (χ0) is 13.9. The Morgan fingerprint density at radius 3 is 2.50 bits per heavy atom. The van der Waals surface area contributed by atoms with Crippen LogP contribution in [-0.2, 0) is 14.3 Å². The lowest BCUT2D eigenvalue weighted by Gasteiger charge is -2.17. The van der Waals surface area contributed by atoms with E-state index in [1.165, 1.54) is 6.20 Å². The lowest BCUT2D eigenvalue weighted by atomic mass is 9.81. The molecule has 1 aromatic rings. The van der Waals surface area contributed by atoms with Crippen molar-refractivity contribution >= 4 is 17.6 Å². The Hall–Kier alpha value is -2.26. The Morgan fingerprint density at radius 2 is 1.90 bits per heavy atom. The van der Waals surface area contributed by atoms with Gasteiger partial charge in [0, 0.05) is 6.20 Å². The van der Waals surface area contributed by atoms with Gasteiger partial charge in [-0.2, -0.15) is 5.26 Å². The Morgan fingerprint density at radius 1 is 1.25 bits per heavy atom. The molecule has 0 saturated carbocycles. The largest absolute Gasteiger partial charge is 0.373 e. The van der Waals surface area contributed by atoms with Crippen molar-refractivity contribution < 1.29 is 14.3 Å². The van der Waals surface area contributed by atoms with Crippen LogP contribution in [0.15, 0.2) is 18.3 Å². The molecule has 2 bridgehead atoms. The molecule has 0 spiro atoms. The summed E-state index contributed by atoms with van der Waals surface area (Å²) in [4.78, 5) is 30.2. The maximum atomic E-state index is 12.5. The lowest BCUT2D eigenvalue weighted by molar-refractivity contribution is -0.124. The Kier molecular flexibility index (Phi) is 2.24. The van der Waals surface area contributed by atoms with E-state index in [9.17, 15) is 9.59 Å². The highest BCUT2D eigenvalue weighted by Gasteiger charge is 2.63. The van der Waals surface area contributed by atoms with Crippen LogP contribution in [0.3, 0.4) is 0 Å². The average Bonchev–Trinajstić information content (AvgIpc) is 3.13. The normalized spacial score (nSPS) is 34.5. The SMILES string of the molecule is N#Cc1cccnc1N1C(=O)C2C3CCC(O3)C2C1=O. The van der Waals surface area contributed by atoms with Crippen molar-refractivity contribution in [2.75, 3.05) is 4.90 Å². The summed E-state index contributed by atoms with van der Waals surface area (Å²) in [6.07, 6.45) is 2.83. The molecule has 4 heterocycles. The standard InChI is InChI=1S/C14H11N3O3/c15-6-7-2-1-5-16-12(7)17-13(18)10-8-3-4-9(20-8)11(10)14(17)19/h1-2,5,8-11H,3-4H2. The molecule has 4 rings (SSSR count). The van der Waals surface area contributed by atoms with Gasteiger partial charge in [-0.3, -0.25) is 9.59 Å². The number of aromatic nitrogens is 1. The molecule has 6 nitrogen and oxygen atoms in total. The van der Waals surface area contributed by atoms with Crippen LogP contribution in [0.25, 0.3) is 0 Å². The first-order chi connectivity index (χ1) is 9.72. The number of imide groups is 1. The fourth-order valence-electron chi connectivity index (χ4n) is 3.58. The summed E-state index contributed by atoms with van der Waals surface area (Å²) in [6.45, 7) is 0. The predicted molar refractivity (Wildman–Crippen MR) is 66.3 cm³/mol. The van der Waals surface area contributed by atoms with Gasteiger partial charge in [-0.1, -0.05) is 0 Å². The van der Waals surface area contributed by atoms with Gasteiger partial charge in [0.15, 0.2) is 5.82 Å². The van der Waals surface area contributed by atoms with Gasteiger partial charge in [0.05, 0.1) is 29.6 Å². The van der Waals surface area contributed by atoms with Crippen LogP contribution in [0.5, 0.6) is 0 Å². The number of carbonyl (C=O) groups excluding carboxylic acids is 2. The minimum absolute atomic E-state index is 0.152. The number of pyridine rings is 1. The third-order valence-corrected chi connectivity index (χ3v) is 4.40. The van der Waals surface area contributed by atoms with Gasteiger partial charge in [0.25, 0.3) is 0 Å². The number of carbonyl (C=O) groups is 2. The second-order valence-corrected chi connectivity index (χ2v) is 5.34. The minimum Gasteiger partial charge on any atom is -0.373 e. The molecule has 0 aromatic carbocycles. The summed E-state index contributed by atoms with van der Waals surface area (Å²) in [7, 11) is 0. The Bertz CT molecular complexity index is 638. The molecule has 3 fully saturated rings. The van der Waals surface area contributed by atoms with Crippen molar-refractivity contribution in [3.05, 3.63) is 23.9 Å². The van der Waals surface area contributed by atoms with Crippen molar-refractivity contribution in [2.24, 2.45) is 11.8 Å². The summed E-state index contributed by atoms with van der Waals surface area (Å²) in [5.74, 6) is -1.19. The maximum absolute atomic E-state index is 12.5. The summed E-state index contributed by atoms with van der Waals surface area (Å²) >= 11 is 0. The first-order valence-electron chi connectivity index (χ1n) is 6.61. The molecule has 20 heavy (non-hydrogen) atoms. The third kappa shape index (κ3) is 1.28. The molecule has 4 unspecified atom stereocenters. The van der Waals surface area contributed by atoms with E-state index in [2.05, 4.69) is 4.98 Å². The molecule has 0 aliphatic carbocycles. The summed E-state index contributed by atoms with van der Waals surface area (Å²) in [5, 5.41) is 9.11. The molecule has 0 radical (unpaired) electrons. The predicted octanol–water partition coefficient (Wildman–Crippen LogP) is 0.620. The van der Waals surface area contributed by atoms with Crippen molar-refractivity contribution in [1.82, 2.24) is 4.98 Å². The number of amides is 2. The molecule has 4 atom stereocenters. The molecular formula is C14H11N3O3. The molecule has 3 aliphatic rings. The average molecular weight is 269 g/mol. The van der Waals surface area contributed by atoms with Gasteiger partial charge < -0.3 is 4.74 Å². The molecule has 3 saturated heterocycles. The number of fused-ring (bicyclic) bond motifs is 5. The van der Waals surface area contributed by atoms with E-state index in [-0.39, 0.29) is 35.4 Å². The first-order valence-corrected chi connectivity index (χ1v) is 6.61. The monoisotopic (exact) mass is 269 g/mol. The van der Waals surface area contributed by atoms with Gasteiger partial charge in [-0.15, -0.1) is 0 Å². The number of nitriles is 1. The number of rotatable bonds is 1. The Balaban J connectivity index is 1.79. The quantitative estimate of drug-likeness (QED) is 0.698. The van der Waals surface area contributed by atoms with Crippen molar-refractivity contribution in [1.29, 1.82) is 5.26 Å². The van der Waals surface area contributed by atoms with E-state index in [0.717, 1.165) is 17.7 Å². The van der Waals surface area contributed by atoms with Crippen LogP contribution in [0.4, 0.5) is 5.82 Å². The van der Waals surface area contributed by atoms with Crippen LogP contribution in [0.1, 0.15) is 18.4 Å². The number of hydrogen-bond donors (Lipinski definition) is 0. The van der Waals surface area contributed by atoms with Gasteiger partial charge in [-0.25, -0.2) is 9.88 Å². The van der Waals surface area contributed by atoms with E-state index in [0.29, 0.717) is 0 Å². The number of ether oxygens (including phenoxy) is 1. The second kappa shape index (κ2) is 3.87. The van der Waals surface area contributed by atoms with Crippen LogP contribution >= 0.6 is 0 Å². The summed E-state index contributed by atoms with van der Waals surface area (Å²) in [5.41, 5.74) is 0.238. The first kappa shape index (κ1) is 11.6. The highest BCUT2D eigenvalue weighted by molar-refractivity contribution is 6.22. The van der Waals surface area contributed by atoms with Crippen molar-refractivity contribution in [2.45, 2.75) is 25.0 Å². The second-order valence-electron chi connectivity index (χ2n) is 5.34. The van der Waals surface area contributed by atoms with Gasteiger partial charge in [0.2, 0.25) is 11.8 Å². The highest BCUT2D eigenvalue weighted by Crippen LogP contribution is 2.49. The van der Waals surface area contributed by atoms with Crippen LogP contribution in [0, 0.1) is 23.2 Å². The zero-order valence-corrected chi connectivity index (χ0v) is 10.5. The van der Waals surface area contributed by atoms with Crippen LogP contribution < -0.4 is 4.90 Å². The van der Waals surface area contributed by atoms with E-state index >= 15 is 0 Å². The van der Waals surface area contributed by atoms with E-state index in [1.807, 2.05) is 6.07 Å². The fraction of sp³-hybridized carbons (Fsp3) is 0.429. The zero-order valence-electron chi connectivity index (χ0n) is 10.5. The molecular weight excluding hydrogens is 258 g/mol. The van der Waals surface area contributed by atoms with Gasteiger partial charge in [0.1, 0.15) is 6.07 Å². The Labute approximate surface area is 115 Å². The van der Waals surface area contributed by atoms with E-state index < -0.39 is 11.8 Å². The fourth-order valence-corrected chi connectivity index (χ4v) is 3.58. The molecule has 3 aliphatic heterocycles. The smallest absolute Gasteiger partial charge is 0.241 e. The topological polar surface area (TPSA) is 83.3 Å². The summed E-state index contributed by atoms with van der Waals surface area (Å²) in [6, 6.07) is 5.15. The number of hydrogen-bond acceptors (Lipinski definition) is 5. The van der Waals surface area contributed by atoms with Crippen LogP contribution in [-0.4, -0.2) is 29.0 Å². The van der Waals surface area contributed by atoms with E-state index in [1.54, 1.807) is 12.1 Å². The molecule has 1 aromatic heterocycles. The maximum Gasteiger partial charge on any atom is 0.241 e. The highest BCUT2D eigenvalue weighted by atomic mass is 16.5. The molecule has 0 N–H and O–H groups in total. The number of anilines is 1. The van der Waals surface area contributed by atoms with Crippen LogP contribution in [0.2, 0.25) is 0 Å². The molecule has 100 valence electrons. The van der Waals surface area contributed by atoms with Crippen molar-refractivity contribution in [3.63, 3.8) is 0 Å². The van der Waals surface area contributed by atoms with E-state index in [4.69, 9.17) is 10.00 Å².